The minimum atomic E-state index is -0.753. The van der Waals surface area contributed by atoms with E-state index >= 15 is 0 Å². The van der Waals surface area contributed by atoms with Crippen LogP contribution in [0.1, 0.15) is 20.7 Å². The fourth-order valence-electron chi connectivity index (χ4n) is 2.34. The molecule has 0 bridgehead atoms. The molecule has 22 heavy (non-hydrogen) atoms. The lowest BCUT2D eigenvalue weighted by molar-refractivity contribution is -0.132. The van der Waals surface area contributed by atoms with E-state index in [9.17, 15) is 14.4 Å². The van der Waals surface area contributed by atoms with Crippen LogP contribution < -0.4 is 5.73 Å². The molecule has 0 radical (unpaired) electrons. The van der Waals surface area contributed by atoms with E-state index in [2.05, 4.69) is 0 Å². The van der Waals surface area contributed by atoms with Crippen molar-refractivity contribution in [2.75, 3.05) is 33.9 Å². The number of imide groups is 1. The normalized spacial score (nSPS) is 15.0. The molecule has 2 N–H and O–H groups in total. The fraction of sp³-hybridized carbons (Fsp3) is 0.400. The molecule has 0 saturated heterocycles. The zero-order valence-electron chi connectivity index (χ0n) is 12.6. The number of amides is 3. The van der Waals surface area contributed by atoms with Gasteiger partial charge in [0.15, 0.2) is 0 Å². The van der Waals surface area contributed by atoms with E-state index in [0.717, 1.165) is 4.90 Å². The molecule has 1 aromatic rings. The van der Waals surface area contributed by atoms with Gasteiger partial charge in [0.2, 0.25) is 5.91 Å². The highest BCUT2D eigenvalue weighted by atomic mass is 16.5. The third-order valence-electron chi connectivity index (χ3n) is 3.58. The number of benzene rings is 1. The average Bonchev–Trinajstić information content (AvgIpc) is 2.76. The first kappa shape index (κ1) is 16.1. The zero-order chi connectivity index (χ0) is 16.3. The Morgan fingerprint density at radius 1 is 1.27 bits per heavy atom. The molecule has 1 atom stereocenters. The van der Waals surface area contributed by atoms with Crippen LogP contribution >= 0.6 is 0 Å². The number of fused-ring (bicyclic) bond motifs is 1. The van der Waals surface area contributed by atoms with Crippen molar-refractivity contribution in [2.45, 2.75) is 6.04 Å². The second kappa shape index (κ2) is 6.67. The van der Waals surface area contributed by atoms with Gasteiger partial charge in [0.1, 0.15) is 6.04 Å². The SMILES string of the molecule is COCC(N)C(=O)N(C)CCN1C(=O)c2ccccc2C1=O. The monoisotopic (exact) mass is 305 g/mol. The summed E-state index contributed by atoms with van der Waals surface area (Å²) in [5.74, 6) is -0.955. The molecule has 0 saturated carbocycles. The maximum Gasteiger partial charge on any atom is 0.261 e. The van der Waals surface area contributed by atoms with Crippen molar-refractivity contribution in [3.05, 3.63) is 35.4 Å². The second-order valence-corrected chi connectivity index (χ2v) is 5.13. The third kappa shape index (κ3) is 3.00. The highest BCUT2D eigenvalue weighted by Crippen LogP contribution is 2.21. The number of nitrogens with two attached hydrogens (primary N) is 1. The van der Waals surface area contributed by atoms with Crippen LogP contribution in [0.2, 0.25) is 0 Å². The summed E-state index contributed by atoms with van der Waals surface area (Å²) in [6, 6.07) is 5.93. The van der Waals surface area contributed by atoms with Crippen LogP contribution in [-0.4, -0.2) is 67.4 Å². The van der Waals surface area contributed by atoms with Crippen LogP contribution in [0, 0.1) is 0 Å². The number of carbonyl (C=O) groups excluding carboxylic acids is 3. The number of nitrogens with zero attached hydrogens (tertiary/aromatic N) is 2. The van der Waals surface area contributed by atoms with E-state index in [1.807, 2.05) is 0 Å². The molecule has 1 aliphatic rings. The van der Waals surface area contributed by atoms with Gasteiger partial charge in [-0.15, -0.1) is 0 Å². The first-order chi connectivity index (χ1) is 10.5. The summed E-state index contributed by atoms with van der Waals surface area (Å²) in [7, 11) is 3.04. The lowest BCUT2D eigenvalue weighted by Crippen LogP contribution is -2.47. The van der Waals surface area contributed by atoms with Crippen LogP contribution in [0.15, 0.2) is 24.3 Å². The Morgan fingerprint density at radius 2 is 1.82 bits per heavy atom. The van der Waals surface area contributed by atoms with Gasteiger partial charge in [0.25, 0.3) is 11.8 Å². The van der Waals surface area contributed by atoms with Crippen LogP contribution in [0.3, 0.4) is 0 Å². The van der Waals surface area contributed by atoms with Gasteiger partial charge in [0.05, 0.1) is 17.7 Å². The van der Waals surface area contributed by atoms with Crippen molar-refractivity contribution in [3.8, 4) is 0 Å². The molecular weight excluding hydrogens is 286 g/mol. The Morgan fingerprint density at radius 3 is 2.32 bits per heavy atom. The molecule has 0 spiro atoms. The molecule has 0 aromatic heterocycles. The summed E-state index contributed by atoms with van der Waals surface area (Å²) in [4.78, 5) is 38.9. The number of carbonyl (C=O) groups is 3. The van der Waals surface area contributed by atoms with Gasteiger partial charge >= 0.3 is 0 Å². The Balaban J connectivity index is 1.97. The predicted octanol–water partition coefficient (Wildman–Crippen LogP) is -0.285. The number of ether oxygens (including phenoxy) is 1. The highest BCUT2D eigenvalue weighted by molar-refractivity contribution is 6.21. The summed E-state index contributed by atoms with van der Waals surface area (Å²) in [6.07, 6.45) is 0. The second-order valence-electron chi connectivity index (χ2n) is 5.13. The molecular formula is C15H19N3O4. The molecule has 118 valence electrons. The molecule has 7 nitrogen and oxygen atoms in total. The maximum absolute atomic E-state index is 12.2. The predicted molar refractivity (Wildman–Crippen MR) is 79.3 cm³/mol. The minimum Gasteiger partial charge on any atom is -0.383 e. The van der Waals surface area contributed by atoms with E-state index in [-0.39, 0.29) is 37.4 Å². The lowest BCUT2D eigenvalue weighted by atomic mass is 10.1. The molecule has 1 aliphatic heterocycles. The van der Waals surface area contributed by atoms with Gasteiger partial charge < -0.3 is 15.4 Å². The van der Waals surface area contributed by atoms with E-state index in [4.69, 9.17) is 10.5 Å². The van der Waals surface area contributed by atoms with E-state index < -0.39 is 6.04 Å². The number of hydrogen-bond acceptors (Lipinski definition) is 5. The Hall–Kier alpha value is -2.25. The van der Waals surface area contributed by atoms with Crippen LogP contribution in [0.5, 0.6) is 0 Å². The first-order valence-corrected chi connectivity index (χ1v) is 6.92. The summed E-state index contributed by atoms with van der Waals surface area (Å²) < 4.78 is 4.84. The Bertz CT molecular complexity index is 567. The van der Waals surface area contributed by atoms with Gasteiger partial charge in [-0.3, -0.25) is 19.3 Å². The van der Waals surface area contributed by atoms with Gasteiger partial charge in [-0.25, -0.2) is 0 Å². The number of hydrogen-bond donors (Lipinski definition) is 1. The van der Waals surface area contributed by atoms with E-state index in [0.29, 0.717) is 11.1 Å². The molecule has 0 aliphatic carbocycles. The zero-order valence-corrected chi connectivity index (χ0v) is 12.6. The molecule has 2 rings (SSSR count). The van der Waals surface area contributed by atoms with Crippen LogP contribution in [-0.2, 0) is 9.53 Å². The molecule has 3 amide bonds. The van der Waals surface area contributed by atoms with Crippen LogP contribution in [0.25, 0.3) is 0 Å². The number of likely N-dealkylation sites (N-methyl/N-ethyl adjacent to an activating group) is 1. The van der Waals surface area contributed by atoms with Crippen molar-refractivity contribution < 1.29 is 19.1 Å². The van der Waals surface area contributed by atoms with Gasteiger partial charge in [-0.05, 0) is 12.1 Å². The fourth-order valence-corrected chi connectivity index (χ4v) is 2.34. The molecule has 1 aromatic carbocycles. The van der Waals surface area contributed by atoms with E-state index in [1.54, 1.807) is 31.3 Å². The molecule has 1 heterocycles. The van der Waals surface area contributed by atoms with Crippen LogP contribution in [0.4, 0.5) is 0 Å². The van der Waals surface area contributed by atoms with Gasteiger partial charge in [0, 0.05) is 27.2 Å². The third-order valence-corrected chi connectivity index (χ3v) is 3.58. The largest absolute Gasteiger partial charge is 0.383 e. The average molecular weight is 305 g/mol. The minimum absolute atomic E-state index is 0.121. The highest BCUT2D eigenvalue weighted by Gasteiger charge is 2.35. The molecule has 0 fully saturated rings. The smallest absolute Gasteiger partial charge is 0.261 e. The van der Waals surface area contributed by atoms with Crippen molar-refractivity contribution in [1.82, 2.24) is 9.80 Å². The summed E-state index contributed by atoms with van der Waals surface area (Å²) in [5, 5.41) is 0. The van der Waals surface area contributed by atoms with Crippen molar-refractivity contribution in [2.24, 2.45) is 5.73 Å². The topological polar surface area (TPSA) is 92.9 Å². The number of methoxy groups -OCH3 is 1. The van der Waals surface area contributed by atoms with Crippen molar-refractivity contribution >= 4 is 17.7 Å². The Kier molecular flexibility index (Phi) is 4.89. The summed E-state index contributed by atoms with van der Waals surface area (Å²) in [5.41, 5.74) is 6.47. The Labute approximate surface area is 128 Å². The first-order valence-electron chi connectivity index (χ1n) is 6.92. The molecule has 7 heteroatoms. The quantitative estimate of drug-likeness (QED) is 0.729. The number of rotatable bonds is 6. The van der Waals surface area contributed by atoms with E-state index in [1.165, 1.54) is 12.0 Å². The standard InChI is InChI=1S/C15H19N3O4/c1-17(15(21)12(16)9-22-2)7-8-18-13(19)10-5-3-4-6-11(10)14(18)20/h3-6,12H,7-9,16H2,1-2H3. The van der Waals surface area contributed by atoms with Crippen molar-refractivity contribution in [1.29, 1.82) is 0 Å². The van der Waals surface area contributed by atoms with Gasteiger partial charge in [-0.2, -0.15) is 0 Å². The van der Waals surface area contributed by atoms with Gasteiger partial charge in [-0.1, -0.05) is 12.1 Å². The van der Waals surface area contributed by atoms with Crippen molar-refractivity contribution in [3.63, 3.8) is 0 Å². The summed E-state index contributed by atoms with van der Waals surface area (Å²) >= 11 is 0. The summed E-state index contributed by atoms with van der Waals surface area (Å²) in [6.45, 7) is 0.478. The maximum atomic E-state index is 12.2. The lowest BCUT2D eigenvalue weighted by Gasteiger charge is -2.23. The molecule has 1 unspecified atom stereocenters.